The fraction of sp³-hybridized carbons (Fsp3) is 0.500. The second kappa shape index (κ2) is 11.8. The molecule has 41 heavy (non-hydrogen) atoms. The van der Waals surface area contributed by atoms with Crippen LogP contribution in [-0.4, -0.2) is 48.8 Å². The number of hydrogen-bond acceptors (Lipinski definition) is 8. The molecule has 1 saturated heterocycles. The normalized spacial score (nSPS) is 29.7. The van der Waals surface area contributed by atoms with Gasteiger partial charge in [-0.3, -0.25) is 9.59 Å². The van der Waals surface area contributed by atoms with Crippen molar-refractivity contribution in [2.75, 3.05) is 19.8 Å². The van der Waals surface area contributed by atoms with Gasteiger partial charge >= 0.3 is 11.9 Å². The summed E-state index contributed by atoms with van der Waals surface area (Å²) in [4.78, 5) is 34.0. The number of ether oxygens (including phenoxy) is 4. The number of carbonyl (C=O) groups excluding carboxylic acids is 1. The predicted molar refractivity (Wildman–Crippen MR) is 147 cm³/mol. The summed E-state index contributed by atoms with van der Waals surface area (Å²) in [6, 6.07) is 14.7. The third-order valence-electron chi connectivity index (χ3n) is 8.86. The van der Waals surface area contributed by atoms with E-state index in [2.05, 4.69) is 6.58 Å². The van der Waals surface area contributed by atoms with Gasteiger partial charge in [0.1, 0.15) is 36.6 Å². The maximum atomic E-state index is 11.4. The molecule has 1 unspecified atom stereocenters. The first-order valence-electron chi connectivity index (χ1n) is 14.4. The number of carbonyl (C=O) groups is 2. The van der Waals surface area contributed by atoms with Gasteiger partial charge in [0.05, 0.1) is 19.4 Å². The van der Waals surface area contributed by atoms with Crippen LogP contribution in [-0.2, 0) is 28.8 Å². The SMILES string of the molecule is C=C(c1ccc(Oc2ccc(OCCOC(=O)CCC(=O)O)cc2)cc1)C1COC2(OO1)C1CC3CC(C1)CC2C3. The molecule has 4 saturated carbocycles. The molecular weight excluding hydrogens is 528 g/mol. The summed E-state index contributed by atoms with van der Waals surface area (Å²) in [6.07, 6.45) is 5.37. The Morgan fingerprint density at radius 2 is 1.46 bits per heavy atom. The Bertz CT molecular complexity index is 1210. The van der Waals surface area contributed by atoms with Crippen molar-refractivity contribution in [3.05, 3.63) is 60.7 Å². The average molecular weight is 565 g/mol. The Hall–Kier alpha value is -3.40. The van der Waals surface area contributed by atoms with E-state index in [9.17, 15) is 9.59 Å². The fourth-order valence-corrected chi connectivity index (χ4v) is 7.02. The van der Waals surface area contributed by atoms with Gasteiger partial charge in [-0.1, -0.05) is 18.7 Å². The minimum absolute atomic E-state index is 0.0429. The largest absolute Gasteiger partial charge is 0.490 e. The monoisotopic (exact) mass is 564 g/mol. The van der Waals surface area contributed by atoms with Crippen LogP contribution < -0.4 is 9.47 Å². The summed E-state index contributed by atoms with van der Waals surface area (Å²) >= 11 is 0. The van der Waals surface area contributed by atoms with Crippen LogP contribution in [0.3, 0.4) is 0 Å². The zero-order valence-corrected chi connectivity index (χ0v) is 23.0. The van der Waals surface area contributed by atoms with Gasteiger partial charge in [0.15, 0.2) is 0 Å². The van der Waals surface area contributed by atoms with Gasteiger partial charge in [-0.15, -0.1) is 0 Å². The number of benzene rings is 2. The molecule has 9 heteroatoms. The number of carboxylic acid groups (broad SMARTS) is 1. The predicted octanol–water partition coefficient (Wildman–Crippen LogP) is 5.78. The lowest BCUT2D eigenvalue weighted by Crippen LogP contribution is -2.63. The molecule has 1 aliphatic heterocycles. The van der Waals surface area contributed by atoms with E-state index in [0.717, 1.165) is 23.0 Å². The van der Waals surface area contributed by atoms with Crippen molar-refractivity contribution in [2.24, 2.45) is 23.7 Å². The zero-order chi connectivity index (χ0) is 28.4. The smallest absolute Gasteiger partial charge is 0.306 e. The van der Waals surface area contributed by atoms with E-state index < -0.39 is 17.7 Å². The van der Waals surface area contributed by atoms with Crippen molar-refractivity contribution in [2.45, 2.75) is 56.8 Å². The lowest BCUT2D eigenvalue weighted by molar-refractivity contribution is -0.517. The number of rotatable bonds is 11. The molecule has 1 heterocycles. The molecule has 9 nitrogen and oxygen atoms in total. The fourth-order valence-electron chi connectivity index (χ4n) is 7.02. The van der Waals surface area contributed by atoms with E-state index in [1.54, 1.807) is 24.3 Å². The van der Waals surface area contributed by atoms with Crippen LogP contribution in [0.15, 0.2) is 55.1 Å². The van der Waals surface area contributed by atoms with E-state index in [-0.39, 0.29) is 32.2 Å². The third-order valence-corrected chi connectivity index (χ3v) is 8.86. The van der Waals surface area contributed by atoms with Gasteiger partial charge in [-0.25, -0.2) is 4.89 Å². The van der Waals surface area contributed by atoms with E-state index in [1.165, 1.54) is 32.1 Å². The number of esters is 1. The third kappa shape index (κ3) is 6.12. The highest BCUT2D eigenvalue weighted by Crippen LogP contribution is 2.60. The van der Waals surface area contributed by atoms with Crippen LogP contribution in [0.2, 0.25) is 0 Å². The van der Waals surface area contributed by atoms with Crippen molar-refractivity contribution in [1.82, 2.24) is 0 Å². The molecule has 5 aliphatic rings. The maximum Gasteiger partial charge on any atom is 0.306 e. The highest BCUT2D eigenvalue weighted by molar-refractivity contribution is 5.76. The maximum absolute atomic E-state index is 11.4. The average Bonchev–Trinajstić information content (AvgIpc) is 2.98. The molecule has 0 amide bonds. The van der Waals surface area contributed by atoms with Gasteiger partial charge < -0.3 is 24.1 Å². The Kier molecular flexibility index (Phi) is 8.01. The molecule has 7 rings (SSSR count). The molecule has 2 aromatic carbocycles. The lowest BCUT2D eigenvalue weighted by atomic mass is 9.53. The second-order valence-corrected chi connectivity index (χ2v) is 11.6. The topological polar surface area (TPSA) is 110 Å². The summed E-state index contributed by atoms with van der Waals surface area (Å²) in [6.45, 7) is 4.91. The molecule has 1 atom stereocenters. The minimum Gasteiger partial charge on any atom is -0.490 e. The Labute approximate surface area is 239 Å². The van der Waals surface area contributed by atoms with Crippen LogP contribution in [0.1, 0.15) is 50.5 Å². The second-order valence-electron chi connectivity index (χ2n) is 11.6. The van der Waals surface area contributed by atoms with Crippen molar-refractivity contribution in [3.8, 4) is 17.2 Å². The highest BCUT2D eigenvalue weighted by atomic mass is 17.2. The van der Waals surface area contributed by atoms with Gasteiger partial charge in [0.25, 0.3) is 0 Å². The molecule has 4 aliphatic carbocycles. The molecule has 1 N–H and O–H groups in total. The van der Waals surface area contributed by atoms with Gasteiger partial charge in [0.2, 0.25) is 5.79 Å². The Balaban J connectivity index is 0.950. The van der Waals surface area contributed by atoms with Gasteiger partial charge in [-0.2, -0.15) is 4.89 Å². The standard InChI is InChI=1S/C32H36O9/c1-20(29-19-38-32(41-40-29)24-15-21-14-22(17-24)18-25(32)16-21)23-2-4-27(5-3-23)39-28-8-6-26(7-9-28)36-12-13-37-31(35)11-10-30(33)34/h2-9,21-22,24-25,29H,1,10-19H2,(H,33,34). The van der Waals surface area contributed by atoms with E-state index in [4.69, 9.17) is 33.8 Å². The van der Waals surface area contributed by atoms with Crippen LogP contribution in [0.4, 0.5) is 0 Å². The highest BCUT2D eigenvalue weighted by Gasteiger charge is 2.61. The van der Waals surface area contributed by atoms with Crippen LogP contribution in [0, 0.1) is 23.7 Å². The number of carboxylic acids is 1. The summed E-state index contributed by atoms with van der Waals surface area (Å²) in [5.41, 5.74) is 1.74. The Morgan fingerprint density at radius 1 is 0.854 bits per heavy atom. The van der Waals surface area contributed by atoms with Crippen molar-refractivity contribution in [3.63, 3.8) is 0 Å². The van der Waals surface area contributed by atoms with Crippen molar-refractivity contribution < 1.29 is 43.4 Å². The summed E-state index contributed by atoms with van der Waals surface area (Å²) in [5, 5.41) is 8.59. The van der Waals surface area contributed by atoms with Gasteiger partial charge in [-0.05, 0) is 91.5 Å². The van der Waals surface area contributed by atoms with E-state index >= 15 is 0 Å². The molecule has 218 valence electrons. The van der Waals surface area contributed by atoms with Crippen LogP contribution >= 0.6 is 0 Å². The van der Waals surface area contributed by atoms with Crippen LogP contribution in [0.25, 0.3) is 5.57 Å². The molecular formula is C32H36O9. The van der Waals surface area contributed by atoms with E-state index in [1.807, 2.05) is 24.3 Å². The minimum atomic E-state index is -1.04. The first kappa shape index (κ1) is 27.8. The first-order valence-corrected chi connectivity index (χ1v) is 14.4. The zero-order valence-electron chi connectivity index (χ0n) is 23.0. The quantitative estimate of drug-likeness (QED) is 0.206. The Morgan fingerprint density at radius 3 is 2.05 bits per heavy atom. The molecule has 0 aromatic heterocycles. The summed E-state index contributed by atoms with van der Waals surface area (Å²) < 4.78 is 23.0. The van der Waals surface area contributed by atoms with Gasteiger partial charge in [0, 0.05) is 11.8 Å². The molecule has 4 bridgehead atoms. The number of aliphatic carboxylic acids is 1. The lowest BCUT2D eigenvalue weighted by Gasteiger charge is -2.60. The van der Waals surface area contributed by atoms with Crippen molar-refractivity contribution >= 4 is 17.5 Å². The molecule has 2 aromatic rings. The van der Waals surface area contributed by atoms with E-state index in [0.29, 0.717) is 35.7 Å². The summed E-state index contributed by atoms with van der Waals surface area (Å²) in [5.74, 6) is 2.28. The first-order chi connectivity index (χ1) is 19.9. The molecule has 0 radical (unpaired) electrons. The summed E-state index contributed by atoms with van der Waals surface area (Å²) in [7, 11) is 0. The molecule has 1 spiro atoms. The van der Waals surface area contributed by atoms with Crippen molar-refractivity contribution in [1.29, 1.82) is 0 Å². The number of hydrogen-bond donors (Lipinski definition) is 1. The van der Waals surface area contributed by atoms with Crippen LogP contribution in [0.5, 0.6) is 17.2 Å². The molecule has 5 fully saturated rings.